The number of benzene rings is 1. The molecule has 0 aliphatic carbocycles. The van der Waals surface area contributed by atoms with Gasteiger partial charge >= 0.3 is 0 Å². The summed E-state index contributed by atoms with van der Waals surface area (Å²) < 4.78 is 7.80. The van der Waals surface area contributed by atoms with Crippen LogP contribution in [0.5, 0.6) is 0 Å². The Kier molecular flexibility index (Phi) is 3.02. The molecule has 7 heteroatoms. The van der Waals surface area contributed by atoms with Crippen LogP contribution in [0.3, 0.4) is 0 Å². The number of aromatic nitrogens is 4. The zero-order valence-corrected chi connectivity index (χ0v) is 12.9. The Labute approximate surface area is 132 Å². The third-order valence-corrected chi connectivity index (χ3v) is 3.85. The molecule has 4 aromatic rings. The van der Waals surface area contributed by atoms with Crippen molar-refractivity contribution in [2.45, 2.75) is 6.54 Å². The van der Waals surface area contributed by atoms with Gasteiger partial charge in [-0.1, -0.05) is 12.1 Å². The Balaban J connectivity index is 2.00. The van der Waals surface area contributed by atoms with Crippen LogP contribution in [0.15, 0.2) is 35.0 Å². The lowest BCUT2D eigenvalue weighted by Crippen LogP contribution is -1.95. The van der Waals surface area contributed by atoms with Crippen molar-refractivity contribution in [2.24, 2.45) is 12.8 Å². The highest BCUT2D eigenvalue weighted by atomic mass is 16.4. The Morgan fingerprint density at radius 2 is 2.13 bits per heavy atom. The van der Waals surface area contributed by atoms with Gasteiger partial charge < -0.3 is 20.0 Å². The van der Waals surface area contributed by atoms with Crippen LogP contribution in [-0.4, -0.2) is 26.6 Å². The topological polar surface area (TPSA) is 94.8 Å². The maximum atomic E-state index is 5.88. The summed E-state index contributed by atoms with van der Waals surface area (Å²) in [5.41, 5.74) is 10.5. The van der Waals surface area contributed by atoms with Crippen LogP contribution in [0.2, 0.25) is 0 Å². The smallest absolute Gasteiger partial charge is 0.251 e. The maximum absolute atomic E-state index is 5.88. The molecule has 0 aliphatic rings. The lowest BCUT2D eigenvalue weighted by molar-refractivity contribution is 0.608. The van der Waals surface area contributed by atoms with Gasteiger partial charge in [-0.15, -0.1) is 0 Å². The molecule has 1 aromatic carbocycles. The Morgan fingerprint density at radius 1 is 1.26 bits per heavy atom. The highest BCUT2D eigenvalue weighted by molar-refractivity contribution is 6.03. The molecule has 0 bridgehead atoms. The molecule has 0 unspecified atom stereocenters. The van der Waals surface area contributed by atoms with Crippen molar-refractivity contribution >= 4 is 28.1 Å². The number of nitrogens with one attached hydrogen (secondary N) is 1. The van der Waals surface area contributed by atoms with Crippen LogP contribution in [0.4, 0.5) is 5.82 Å². The Hall–Kier alpha value is -2.93. The molecule has 116 valence electrons. The molecule has 3 N–H and O–H groups in total. The molecular weight excluding hydrogens is 292 g/mol. The van der Waals surface area contributed by atoms with E-state index in [2.05, 4.69) is 20.3 Å². The van der Waals surface area contributed by atoms with E-state index >= 15 is 0 Å². The number of fused-ring (bicyclic) bond motifs is 3. The van der Waals surface area contributed by atoms with E-state index in [4.69, 9.17) is 10.2 Å². The molecule has 0 saturated heterocycles. The predicted octanol–water partition coefficient (Wildman–Crippen LogP) is 2.28. The van der Waals surface area contributed by atoms with Crippen molar-refractivity contribution in [2.75, 3.05) is 12.4 Å². The second-order valence-corrected chi connectivity index (χ2v) is 5.34. The van der Waals surface area contributed by atoms with Gasteiger partial charge in [-0.3, -0.25) is 0 Å². The summed E-state index contributed by atoms with van der Waals surface area (Å²) in [6, 6.07) is 7.84. The molecule has 3 aromatic heterocycles. The molecule has 3 heterocycles. The van der Waals surface area contributed by atoms with Gasteiger partial charge in [0.1, 0.15) is 11.0 Å². The van der Waals surface area contributed by atoms with E-state index in [1.807, 2.05) is 42.9 Å². The second-order valence-electron chi connectivity index (χ2n) is 5.34. The van der Waals surface area contributed by atoms with E-state index in [0.29, 0.717) is 29.5 Å². The first-order valence-corrected chi connectivity index (χ1v) is 7.30. The van der Waals surface area contributed by atoms with Gasteiger partial charge in [0.25, 0.3) is 5.71 Å². The van der Waals surface area contributed by atoms with Crippen molar-refractivity contribution in [3.63, 3.8) is 0 Å². The number of aryl methyl sites for hydroxylation is 1. The van der Waals surface area contributed by atoms with Gasteiger partial charge in [0.15, 0.2) is 11.3 Å². The van der Waals surface area contributed by atoms with E-state index in [0.717, 1.165) is 22.2 Å². The molecule has 0 saturated carbocycles. The van der Waals surface area contributed by atoms with Gasteiger partial charge in [-0.25, -0.2) is 9.97 Å². The third kappa shape index (κ3) is 2.05. The number of hydrogen-bond acceptors (Lipinski definition) is 6. The van der Waals surface area contributed by atoms with Gasteiger partial charge in [0.2, 0.25) is 5.89 Å². The van der Waals surface area contributed by atoms with Crippen molar-refractivity contribution in [1.82, 2.24) is 19.5 Å². The van der Waals surface area contributed by atoms with E-state index < -0.39 is 0 Å². The molecule has 0 aliphatic heterocycles. The molecule has 7 nitrogen and oxygen atoms in total. The quantitative estimate of drug-likeness (QED) is 0.603. The molecule has 23 heavy (non-hydrogen) atoms. The Bertz CT molecular complexity index is 1020. The minimum absolute atomic E-state index is 0.474. The van der Waals surface area contributed by atoms with Crippen molar-refractivity contribution < 1.29 is 4.42 Å². The van der Waals surface area contributed by atoms with Crippen LogP contribution in [0, 0.1) is 0 Å². The Morgan fingerprint density at radius 3 is 2.91 bits per heavy atom. The number of hydrogen-bond donors (Lipinski definition) is 2. The standard InChI is InChI=1S/C16H16N6O/c1-18-14-11-13(22(2)8-19-11)12-16(21-14)23-15(20-12)10-5-3-4-9(6-10)7-17/h3-6,8H,7,17H2,1-2H3,(H,18,21). The molecule has 0 spiro atoms. The molecular formula is C16H16N6O. The van der Waals surface area contributed by atoms with Crippen LogP contribution in [-0.2, 0) is 13.6 Å². The van der Waals surface area contributed by atoms with Crippen molar-refractivity contribution in [1.29, 1.82) is 0 Å². The fraction of sp³-hybridized carbons (Fsp3) is 0.188. The number of oxazole rings is 1. The summed E-state index contributed by atoms with van der Waals surface area (Å²) in [4.78, 5) is 13.5. The fourth-order valence-electron chi connectivity index (χ4n) is 2.71. The maximum Gasteiger partial charge on any atom is 0.251 e. The normalized spacial score (nSPS) is 11.4. The zero-order chi connectivity index (χ0) is 16.0. The van der Waals surface area contributed by atoms with Crippen molar-refractivity contribution in [3.05, 3.63) is 36.2 Å². The SMILES string of the molecule is CNc1nc2oc(-c3cccc(CN)c3)nc2c2c1ncn2C. The fourth-order valence-corrected chi connectivity index (χ4v) is 2.71. The molecule has 0 fully saturated rings. The average molecular weight is 308 g/mol. The lowest BCUT2D eigenvalue weighted by Gasteiger charge is -2.00. The van der Waals surface area contributed by atoms with Crippen LogP contribution >= 0.6 is 0 Å². The van der Waals surface area contributed by atoms with Gasteiger partial charge in [0, 0.05) is 26.2 Å². The third-order valence-electron chi connectivity index (χ3n) is 3.85. The van der Waals surface area contributed by atoms with Gasteiger partial charge in [0.05, 0.1) is 6.33 Å². The monoisotopic (exact) mass is 308 g/mol. The number of pyridine rings is 1. The van der Waals surface area contributed by atoms with Crippen LogP contribution in [0.1, 0.15) is 5.56 Å². The zero-order valence-electron chi connectivity index (χ0n) is 12.9. The van der Waals surface area contributed by atoms with Crippen LogP contribution in [0.25, 0.3) is 33.7 Å². The van der Waals surface area contributed by atoms with E-state index in [9.17, 15) is 0 Å². The summed E-state index contributed by atoms with van der Waals surface area (Å²) in [6.45, 7) is 0.474. The van der Waals surface area contributed by atoms with E-state index in [1.165, 1.54) is 0 Å². The summed E-state index contributed by atoms with van der Waals surface area (Å²) in [7, 11) is 3.74. The van der Waals surface area contributed by atoms with E-state index in [-0.39, 0.29) is 0 Å². The summed E-state index contributed by atoms with van der Waals surface area (Å²) in [5, 5.41) is 3.05. The first-order valence-electron chi connectivity index (χ1n) is 7.30. The van der Waals surface area contributed by atoms with Gasteiger partial charge in [-0.05, 0) is 17.7 Å². The molecule has 0 amide bonds. The minimum Gasteiger partial charge on any atom is -0.418 e. The highest BCUT2D eigenvalue weighted by Gasteiger charge is 2.18. The highest BCUT2D eigenvalue weighted by Crippen LogP contribution is 2.31. The molecule has 4 rings (SSSR count). The van der Waals surface area contributed by atoms with Crippen molar-refractivity contribution in [3.8, 4) is 11.5 Å². The largest absolute Gasteiger partial charge is 0.418 e. The van der Waals surface area contributed by atoms with Gasteiger partial charge in [-0.2, -0.15) is 4.98 Å². The molecule has 0 radical (unpaired) electrons. The number of anilines is 1. The molecule has 0 atom stereocenters. The number of nitrogens with zero attached hydrogens (tertiary/aromatic N) is 4. The summed E-state index contributed by atoms with van der Waals surface area (Å²) >= 11 is 0. The number of imidazole rings is 1. The average Bonchev–Trinajstić information content (AvgIpc) is 3.17. The number of nitrogens with two attached hydrogens (primary N) is 1. The minimum atomic E-state index is 0.474. The summed E-state index contributed by atoms with van der Waals surface area (Å²) in [5.74, 6) is 1.20. The van der Waals surface area contributed by atoms with E-state index in [1.54, 1.807) is 6.33 Å². The predicted molar refractivity (Wildman–Crippen MR) is 89.0 cm³/mol. The second kappa shape index (κ2) is 5.06. The summed E-state index contributed by atoms with van der Waals surface area (Å²) in [6.07, 6.45) is 1.75. The number of rotatable bonds is 3. The first-order chi connectivity index (χ1) is 11.2. The lowest BCUT2D eigenvalue weighted by atomic mass is 10.1. The first kappa shape index (κ1) is 13.7. The van der Waals surface area contributed by atoms with Crippen LogP contribution < -0.4 is 11.1 Å².